The molecule has 1 fully saturated rings. The summed E-state index contributed by atoms with van der Waals surface area (Å²) in [5.74, 6) is -0.964. The van der Waals surface area contributed by atoms with Crippen molar-refractivity contribution in [1.82, 2.24) is 15.3 Å². The van der Waals surface area contributed by atoms with E-state index in [1.54, 1.807) is 0 Å². The predicted molar refractivity (Wildman–Crippen MR) is 102 cm³/mol. The van der Waals surface area contributed by atoms with Gasteiger partial charge in [-0.25, -0.2) is 9.37 Å². The summed E-state index contributed by atoms with van der Waals surface area (Å²) in [6, 6.07) is 2.44. The maximum absolute atomic E-state index is 13.6. The molecule has 0 bridgehead atoms. The molecule has 1 atom stereocenters. The van der Waals surface area contributed by atoms with Gasteiger partial charge in [0.2, 0.25) is 0 Å². The van der Waals surface area contributed by atoms with Crippen LogP contribution in [0.3, 0.4) is 0 Å². The lowest BCUT2D eigenvalue weighted by molar-refractivity contribution is -0.141. The van der Waals surface area contributed by atoms with Gasteiger partial charge >= 0.3 is 6.18 Å². The highest BCUT2D eigenvalue weighted by molar-refractivity contribution is 6.33. The fourth-order valence-corrected chi connectivity index (χ4v) is 3.88. The van der Waals surface area contributed by atoms with Crippen molar-refractivity contribution >= 4 is 29.1 Å². The van der Waals surface area contributed by atoms with E-state index < -0.39 is 41.2 Å². The van der Waals surface area contributed by atoms with Crippen molar-refractivity contribution < 1.29 is 27.5 Å². The normalized spacial score (nSPS) is 23.1. The van der Waals surface area contributed by atoms with Crippen molar-refractivity contribution in [3.63, 3.8) is 0 Å². The van der Waals surface area contributed by atoms with Gasteiger partial charge in [0.05, 0.1) is 22.2 Å². The monoisotopic (exact) mass is 465 g/mol. The van der Waals surface area contributed by atoms with E-state index in [0.717, 1.165) is 6.20 Å². The van der Waals surface area contributed by atoms with E-state index in [4.69, 9.17) is 23.2 Å². The van der Waals surface area contributed by atoms with Crippen LogP contribution in [0.2, 0.25) is 10.2 Å². The van der Waals surface area contributed by atoms with E-state index in [2.05, 4.69) is 15.3 Å². The predicted octanol–water partition coefficient (Wildman–Crippen LogP) is 4.92. The maximum Gasteiger partial charge on any atom is 0.433 e. The number of hydrogen-bond acceptors (Lipinski definition) is 4. The lowest BCUT2D eigenvalue weighted by Gasteiger charge is -2.40. The number of amides is 1. The summed E-state index contributed by atoms with van der Waals surface area (Å²) in [4.78, 5) is 20.0. The molecule has 1 aliphatic rings. The van der Waals surface area contributed by atoms with Gasteiger partial charge in [-0.1, -0.05) is 29.3 Å². The molecule has 3 rings (SSSR count). The van der Waals surface area contributed by atoms with Crippen LogP contribution in [-0.2, 0) is 6.18 Å². The van der Waals surface area contributed by atoms with Gasteiger partial charge in [0.1, 0.15) is 17.0 Å². The lowest BCUT2D eigenvalue weighted by atomic mass is 9.76. The second kappa shape index (κ2) is 8.64. The first-order valence-electron chi connectivity index (χ1n) is 9.02. The number of aromatic nitrogens is 2. The Bertz CT molecular complexity index is 934. The summed E-state index contributed by atoms with van der Waals surface area (Å²) >= 11 is 12.0. The van der Waals surface area contributed by atoms with Gasteiger partial charge in [-0.3, -0.25) is 9.78 Å². The number of carbonyl (C=O) groups is 1. The van der Waals surface area contributed by atoms with Crippen LogP contribution in [0.25, 0.3) is 0 Å². The third kappa shape index (κ3) is 4.84. The molecule has 0 spiro atoms. The van der Waals surface area contributed by atoms with E-state index in [1.807, 2.05) is 0 Å². The number of carbonyl (C=O) groups excluding carboxylic acids is 1. The quantitative estimate of drug-likeness (QED) is 0.496. The highest BCUT2D eigenvalue weighted by Crippen LogP contribution is 2.41. The van der Waals surface area contributed by atoms with E-state index in [1.165, 1.54) is 18.3 Å². The first-order valence-corrected chi connectivity index (χ1v) is 9.77. The van der Waals surface area contributed by atoms with Crippen molar-refractivity contribution in [2.24, 2.45) is 0 Å². The van der Waals surface area contributed by atoms with Gasteiger partial charge in [0.15, 0.2) is 0 Å². The molecule has 1 saturated carbocycles. The molecule has 1 unspecified atom stereocenters. The fraction of sp³-hybridized carbons (Fsp3) is 0.421. The molecule has 2 aromatic heterocycles. The summed E-state index contributed by atoms with van der Waals surface area (Å²) in [5, 5.41) is 13.4. The number of nitrogens with zero attached hydrogens (tertiary/aromatic N) is 2. The molecule has 0 aromatic carbocycles. The highest BCUT2D eigenvalue weighted by atomic mass is 35.5. The number of aliphatic hydroxyl groups is 1. The van der Waals surface area contributed by atoms with Crippen LogP contribution in [0.5, 0.6) is 0 Å². The first kappa shape index (κ1) is 22.7. The molecule has 0 radical (unpaired) electrons. The molecule has 1 aliphatic carbocycles. The molecule has 2 aromatic rings. The van der Waals surface area contributed by atoms with Gasteiger partial charge in [-0.15, -0.1) is 0 Å². The minimum atomic E-state index is -4.77. The molecule has 2 N–H and O–H groups in total. The van der Waals surface area contributed by atoms with E-state index in [0.29, 0.717) is 6.07 Å². The zero-order valence-corrected chi connectivity index (χ0v) is 16.9. The van der Waals surface area contributed by atoms with Crippen LogP contribution in [0.1, 0.15) is 53.3 Å². The Kier molecular flexibility index (Phi) is 6.54. The van der Waals surface area contributed by atoms with Crippen LogP contribution in [0.15, 0.2) is 30.6 Å². The Hall–Kier alpha value is -1.97. The molecular formula is C19H17Cl2F4N3O2. The Balaban J connectivity index is 1.98. The Morgan fingerprint density at radius 1 is 1.27 bits per heavy atom. The Morgan fingerprint density at radius 3 is 2.53 bits per heavy atom. The van der Waals surface area contributed by atoms with E-state index in [-0.39, 0.29) is 41.4 Å². The largest absolute Gasteiger partial charge is 0.433 e. The fourth-order valence-electron chi connectivity index (χ4n) is 3.46. The second-order valence-electron chi connectivity index (χ2n) is 7.12. The van der Waals surface area contributed by atoms with Crippen molar-refractivity contribution in [2.45, 2.75) is 49.7 Å². The molecule has 1 amide bonds. The maximum atomic E-state index is 13.6. The molecule has 30 heavy (non-hydrogen) atoms. The minimum Gasteiger partial charge on any atom is -0.387 e. The highest BCUT2D eigenvalue weighted by Gasteiger charge is 2.43. The second-order valence-corrected chi connectivity index (χ2v) is 7.88. The number of halogens is 6. The number of alkyl halides is 4. The molecule has 2 heterocycles. The standard InChI is InChI=1S/C19H17Cl2F4N3O2/c20-13-9-27-14(19(23,24)25)8-12(13)17(29)28-15(11-2-1-7-26-16(11)21)18(30)5-3-10(22)4-6-18/h1-2,7-10,15,30H,3-6H2,(H,28,29)/t10-,15?,18+. The number of nitrogens with one attached hydrogen (secondary N) is 1. The number of rotatable bonds is 4. The molecule has 5 nitrogen and oxygen atoms in total. The minimum absolute atomic E-state index is 0.00426. The van der Waals surface area contributed by atoms with Crippen LogP contribution in [-0.4, -0.2) is 32.8 Å². The van der Waals surface area contributed by atoms with Gasteiger partial charge in [-0.2, -0.15) is 13.2 Å². The van der Waals surface area contributed by atoms with Crippen LogP contribution in [0, 0.1) is 0 Å². The average molecular weight is 466 g/mol. The number of hydrogen-bond donors (Lipinski definition) is 2. The summed E-state index contributed by atoms with van der Waals surface area (Å²) in [7, 11) is 0. The summed E-state index contributed by atoms with van der Waals surface area (Å²) in [5.41, 5.74) is -3.07. The Morgan fingerprint density at radius 2 is 1.93 bits per heavy atom. The van der Waals surface area contributed by atoms with Crippen LogP contribution < -0.4 is 5.32 Å². The zero-order valence-electron chi connectivity index (χ0n) is 15.4. The van der Waals surface area contributed by atoms with Gasteiger partial charge in [0.25, 0.3) is 5.91 Å². The van der Waals surface area contributed by atoms with Gasteiger partial charge in [-0.05, 0) is 37.8 Å². The molecule has 0 aliphatic heterocycles. The third-order valence-electron chi connectivity index (χ3n) is 5.08. The van der Waals surface area contributed by atoms with Crippen LogP contribution >= 0.6 is 23.2 Å². The van der Waals surface area contributed by atoms with E-state index >= 15 is 0 Å². The Labute approximate surface area is 179 Å². The first-order chi connectivity index (χ1) is 14.0. The van der Waals surface area contributed by atoms with Crippen LogP contribution in [0.4, 0.5) is 17.6 Å². The lowest BCUT2D eigenvalue weighted by Crippen LogP contribution is -2.48. The molecule has 0 saturated heterocycles. The average Bonchev–Trinajstić information content (AvgIpc) is 2.68. The van der Waals surface area contributed by atoms with Gasteiger partial charge in [0, 0.05) is 18.0 Å². The van der Waals surface area contributed by atoms with Crippen molar-refractivity contribution in [1.29, 1.82) is 0 Å². The smallest absolute Gasteiger partial charge is 0.387 e. The van der Waals surface area contributed by atoms with Gasteiger partial charge < -0.3 is 10.4 Å². The van der Waals surface area contributed by atoms with Crippen molar-refractivity contribution in [3.05, 3.63) is 57.6 Å². The van der Waals surface area contributed by atoms with Crippen molar-refractivity contribution in [2.75, 3.05) is 0 Å². The van der Waals surface area contributed by atoms with E-state index in [9.17, 15) is 27.5 Å². The SMILES string of the molecule is O=C(NC(c1cccnc1Cl)[C@]1(O)CC[C@@H](F)CC1)c1cc(C(F)(F)F)ncc1Cl. The molecule has 11 heteroatoms. The summed E-state index contributed by atoms with van der Waals surface area (Å²) in [6.07, 6.45) is -3.57. The van der Waals surface area contributed by atoms with Crippen molar-refractivity contribution in [3.8, 4) is 0 Å². The number of pyridine rings is 2. The third-order valence-corrected chi connectivity index (χ3v) is 5.70. The summed E-state index contributed by atoms with van der Waals surface area (Å²) in [6.45, 7) is 0. The molecule has 162 valence electrons. The topological polar surface area (TPSA) is 75.1 Å². The zero-order chi connectivity index (χ0) is 22.1. The molecular weight excluding hydrogens is 449 g/mol. The summed E-state index contributed by atoms with van der Waals surface area (Å²) < 4.78 is 52.6.